The van der Waals surface area contributed by atoms with Crippen molar-refractivity contribution in [2.75, 3.05) is 19.6 Å². The molecule has 2 heterocycles. The van der Waals surface area contributed by atoms with Crippen LogP contribution in [0.4, 0.5) is 4.39 Å². The van der Waals surface area contributed by atoms with E-state index in [0.29, 0.717) is 23.4 Å². The first-order valence-corrected chi connectivity index (χ1v) is 8.96. The van der Waals surface area contributed by atoms with Crippen molar-refractivity contribution in [3.05, 3.63) is 70.0 Å². The van der Waals surface area contributed by atoms with Crippen LogP contribution in [0.1, 0.15) is 27.5 Å². The van der Waals surface area contributed by atoms with Crippen LogP contribution in [0.5, 0.6) is 0 Å². The van der Waals surface area contributed by atoms with E-state index in [2.05, 4.69) is 24.4 Å². The summed E-state index contributed by atoms with van der Waals surface area (Å²) >= 11 is 5.99. The van der Waals surface area contributed by atoms with E-state index >= 15 is 0 Å². The number of rotatable bonds is 2. The second kappa shape index (κ2) is 7.55. The molecule has 1 N–H and O–H groups in total. The first-order valence-electron chi connectivity index (χ1n) is 8.58. The van der Waals surface area contributed by atoms with Gasteiger partial charge in [-0.05, 0) is 42.2 Å². The largest absolute Gasteiger partial charge is 0.331 e. The van der Waals surface area contributed by atoms with Gasteiger partial charge < -0.3 is 10.2 Å². The zero-order valence-electron chi connectivity index (χ0n) is 14.4. The van der Waals surface area contributed by atoms with E-state index in [1.165, 1.54) is 18.2 Å². The van der Waals surface area contributed by atoms with Gasteiger partial charge in [0, 0.05) is 30.6 Å². The number of carbonyl (C=O) groups excluding carboxylic acids is 1. The van der Waals surface area contributed by atoms with Crippen molar-refractivity contribution in [2.24, 2.45) is 11.8 Å². The van der Waals surface area contributed by atoms with Crippen LogP contribution in [0, 0.1) is 24.6 Å². The van der Waals surface area contributed by atoms with Crippen molar-refractivity contribution in [3.63, 3.8) is 0 Å². The Bertz CT molecular complexity index is 829. The predicted octanol–water partition coefficient (Wildman–Crippen LogP) is 4.24. The van der Waals surface area contributed by atoms with Gasteiger partial charge in [-0.2, -0.15) is 0 Å². The lowest BCUT2D eigenvalue weighted by atomic mass is 9.87. The minimum Gasteiger partial charge on any atom is -0.331 e. The maximum atomic E-state index is 14.3. The molecule has 3 atom stereocenters. The molecule has 2 aromatic carbocycles. The second-order valence-electron chi connectivity index (χ2n) is 6.97. The van der Waals surface area contributed by atoms with Crippen LogP contribution in [-0.4, -0.2) is 30.4 Å². The number of halogens is 3. The van der Waals surface area contributed by atoms with Gasteiger partial charge in [-0.1, -0.05) is 35.9 Å². The third-order valence-corrected chi connectivity index (χ3v) is 5.73. The van der Waals surface area contributed by atoms with Crippen molar-refractivity contribution < 1.29 is 9.18 Å². The molecule has 0 bridgehead atoms. The Hall–Kier alpha value is -1.62. The Balaban J connectivity index is 0.00000196. The highest BCUT2D eigenvalue weighted by Gasteiger charge is 2.47. The summed E-state index contributed by atoms with van der Waals surface area (Å²) in [6.45, 7) is 4.48. The Morgan fingerprint density at radius 3 is 2.77 bits per heavy atom. The van der Waals surface area contributed by atoms with Gasteiger partial charge in [0.2, 0.25) is 0 Å². The Morgan fingerprint density at radius 1 is 1.23 bits per heavy atom. The summed E-state index contributed by atoms with van der Waals surface area (Å²) in [6, 6.07) is 12.3. The number of nitrogens with zero attached hydrogens (tertiary/aromatic N) is 1. The van der Waals surface area contributed by atoms with Crippen LogP contribution >= 0.6 is 24.0 Å². The van der Waals surface area contributed by atoms with Crippen molar-refractivity contribution in [1.82, 2.24) is 10.2 Å². The minimum atomic E-state index is -0.520. The zero-order chi connectivity index (χ0) is 17.6. The van der Waals surface area contributed by atoms with E-state index in [9.17, 15) is 9.18 Å². The van der Waals surface area contributed by atoms with Crippen LogP contribution < -0.4 is 5.32 Å². The van der Waals surface area contributed by atoms with E-state index in [-0.39, 0.29) is 29.9 Å². The van der Waals surface area contributed by atoms with Gasteiger partial charge in [0.25, 0.3) is 5.91 Å². The fraction of sp³-hybridized carbons (Fsp3) is 0.350. The molecule has 0 aromatic heterocycles. The molecule has 138 valence electrons. The molecular formula is C20H21Cl2FN2O. The lowest BCUT2D eigenvalue weighted by Crippen LogP contribution is -2.35. The number of hydrogen-bond acceptors (Lipinski definition) is 2. The lowest BCUT2D eigenvalue weighted by Gasteiger charge is -2.30. The first-order chi connectivity index (χ1) is 12.1. The van der Waals surface area contributed by atoms with Crippen molar-refractivity contribution in [2.45, 2.75) is 13.0 Å². The Labute approximate surface area is 163 Å². The monoisotopic (exact) mass is 394 g/mol. The van der Waals surface area contributed by atoms with Crippen molar-refractivity contribution in [3.8, 4) is 0 Å². The average Bonchev–Trinajstić information content (AvgIpc) is 3.18. The molecule has 0 aliphatic carbocycles. The van der Waals surface area contributed by atoms with Gasteiger partial charge in [-0.25, -0.2) is 4.39 Å². The van der Waals surface area contributed by atoms with Gasteiger partial charge >= 0.3 is 0 Å². The number of benzene rings is 2. The van der Waals surface area contributed by atoms with Gasteiger partial charge in [-0.15, -0.1) is 12.4 Å². The van der Waals surface area contributed by atoms with Gasteiger partial charge in [-0.3, -0.25) is 4.79 Å². The number of aryl methyl sites for hydroxylation is 1. The SMILES string of the molecule is Cc1ccccc1[C@@H]1[C@H]2CNC[C@H]2CN1C(=O)c1cc(Cl)ccc1F.Cl. The Morgan fingerprint density at radius 2 is 2.00 bits per heavy atom. The van der Waals surface area contributed by atoms with Gasteiger partial charge in [0.1, 0.15) is 5.82 Å². The molecule has 26 heavy (non-hydrogen) atoms. The lowest BCUT2D eigenvalue weighted by molar-refractivity contribution is 0.0709. The molecule has 3 nitrogen and oxygen atoms in total. The molecule has 2 aromatic rings. The maximum Gasteiger partial charge on any atom is 0.257 e. The highest BCUT2D eigenvalue weighted by Crippen LogP contribution is 2.44. The van der Waals surface area contributed by atoms with Gasteiger partial charge in [0.05, 0.1) is 11.6 Å². The smallest absolute Gasteiger partial charge is 0.257 e. The zero-order valence-corrected chi connectivity index (χ0v) is 16.0. The quantitative estimate of drug-likeness (QED) is 0.825. The molecule has 0 radical (unpaired) electrons. The van der Waals surface area contributed by atoms with Crippen molar-refractivity contribution >= 4 is 29.9 Å². The van der Waals surface area contributed by atoms with E-state index in [0.717, 1.165) is 24.2 Å². The predicted molar refractivity (Wildman–Crippen MR) is 103 cm³/mol. The van der Waals surface area contributed by atoms with Crippen molar-refractivity contribution in [1.29, 1.82) is 0 Å². The van der Waals surface area contributed by atoms with Gasteiger partial charge in [0.15, 0.2) is 0 Å². The molecule has 0 saturated carbocycles. The van der Waals surface area contributed by atoms with Crippen LogP contribution in [-0.2, 0) is 0 Å². The van der Waals surface area contributed by atoms with Crippen LogP contribution in [0.15, 0.2) is 42.5 Å². The topological polar surface area (TPSA) is 32.3 Å². The highest BCUT2D eigenvalue weighted by molar-refractivity contribution is 6.31. The molecule has 0 unspecified atom stereocenters. The summed E-state index contributed by atoms with van der Waals surface area (Å²) < 4.78 is 14.3. The van der Waals surface area contributed by atoms with E-state index in [1.807, 2.05) is 17.0 Å². The highest BCUT2D eigenvalue weighted by atomic mass is 35.5. The summed E-state index contributed by atoms with van der Waals surface area (Å²) in [6.07, 6.45) is 0. The van der Waals surface area contributed by atoms with E-state index in [4.69, 9.17) is 11.6 Å². The summed E-state index contributed by atoms with van der Waals surface area (Å²) in [7, 11) is 0. The molecule has 2 aliphatic rings. The number of hydrogen-bond donors (Lipinski definition) is 1. The number of likely N-dealkylation sites (tertiary alicyclic amines) is 1. The molecular weight excluding hydrogens is 374 g/mol. The summed E-state index contributed by atoms with van der Waals surface area (Å²) in [4.78, 5) is 15.0. The number of amides is 1. The fourth-order valence-electron chi connectivity index (χ4n) is 4.26. The Kier molecular flexibility index (Phi) is 5.56. The van der Waals surface area contributed by atoms with E-state index < -0.39 is 5.82 Å². The standard InChI is InChI=1S/C20H20ClFN2O.ClH/c1-12-4-2-3-5-15(12)19-17-10-23-9-13(17)11-24(19)20(25)16-8-14(21)6-7-18(16)22;/h2-8,13,17,19,23H,9-11H2,1H3;1H/t13-,17-,19+;/m0./s1. The maximum absolute atomic E-state index is 14.3. The third-order valence-electron chi connectivity index (χ3n) is 5.49. The minimum absolute atomic E-state index is 0. The molecule has 0 spiro atoms. The molecule has 2 aliphatic heterocycles. The van der Waals surface area contributed by atoms with Crippen LogP contribution in [0.2, 0.25) is 5.02 Å². The molecule has 6 heteroatoms. The number of nitrogens with one attached hydrogen (secondary N) is 1. The summed E-state index contributed by atoms with van der Waals surface area (Å²) in [5.74, 6) is -0.0427. The average molecular weight is 395 g/mol. The molecule has 4 rings (SSSR count). The van der Waals surface area contributed by atoms with Crippen LogP contribution in [0.3, 0.4) is 0 Å². The fourth-order valence-corrected chi connectivity index (χ4v) is 4.43. The summed E-state index contributed by atoms with van der Waals surface area (Å²) in [5.41, 5.74) is 2.36. The van der Waals surface area contributed by atoms with Crippen LogP contribution in [0.25, 0.3) is 0 Å². The second-order valence-corrected chi connectivity index (χ2v) is 7.40. The normalized spacial score (nSPS) is 24.3. The van der Waals surface area contributed by atoms with E-state index in [1.54, 1.807) is 0 Å². The number of fused-ring (bicyclic) bond motifs is 1. The third kappa shape index (κ3) is 3.22. The first kappa shape index (κ1) is 19.2. The molecule has 1 amide bonds. The summed E-state index contributed by atoms with van der Waals surface area (Å²) in [5, 5.41) is 3.80. The molecule has 2 fully saturated rings. The molecule has 2 saturated heterocycles. The number of carbonyl (C=O) groups is 1.